The molecule has 1 saturated heterocycles. The molecule has 0 saturated carbocycles. The Labute approximate surface area is 188 Å². The van der Waals surface area contributed by atoms with Gasteiger partial charge in [-0.15, -0.1) is 0 Å². The van der Waals surface area contributed by atoms with Crippen LogP contribution in [0.2, 0.25) is 0 Å². The van der Waals surface area contributed by atoms with Gasteiger partial charge in [0.05, 0.1) is 18.2 Å². The molecule has 4 amide bonds. The number of rotatable bonds is 5. The van der Waals surface area contributed by atoms with Gasteiger partial charge in [0.15, 0.2) is 0 Å². The lowest BCUT2D eigenvalue weighted by Crippen LogP contribution is -2.42. The van der Waals surface area contributed by atoms with E-state index >= 15 is 0 Å². The molecule has 2 aromatic rings. The molecule has 0 bridgehead atoms. The Balaban J connectivity index is 1.81. The van der Waals surface area contributed by atoms with Crippen LogP contribution in [0, 0.1) is 0 Å². The fraction of sp³-hybridized carbons (Fsp3) is 0.286. The highest BCUT2D eigenvalue weighted by Crippen LogP contribution is 2.37. The van der Waals surface area contributed by atoms with E-state index in [4.69, 9.17) is 4.74 Å². The van der Waals surface area contributed by atoms with Crippen molar-refractivity contribution in [2.45, 2.75) is 24.8 Å². The summed E-state index contributed by atoms with van der Waals surface area (Å²) < 4.78 is 83.1. The lowest BCUT2D eigenvalue weighted by molar-refractivity contribution is -0.143. The quantitative estimate of drug-likeness (QED) is 0.488. The number of amides is 4. The van der Waals surface area contributed by atoms with Crippen molar-refractivity contribution in [2.75, 3.05) is 19.0 Å². The van der Waals surface area contributed by atoms with Crippen LogP contribution in [-0.2, 0) is 27.5 Å². The van der Waals surface area contributed by atoms with Gasteiger partial charge < -0.3 is 15.4 Å². The summed E-state index contributed by atoms with van der Waals surface area (Å²) in [5.41, 5.74) is -5.23. The fourth-order valence-corrected chi connectivity index (χ4v) is 3.33. The highest BCUT2D eigenvalue weighted by molar-refractivity contribution is 6.10. The molecule has 0 aromatic heterocycles. The average molecular weight is 489 g/mol. The Kier molecular flexibility index (Phi) is 6.24. The lowest BCUT2D eigenvalue weighted by Gasteiger charge is -2.22. The van der Waals surface area contributed by atoms with Crippen molar-refractivity contribution >= 4 is 23.5 Å². The van der Waals surface area contributed by atoms with Gasteiger partial charge in [-0.2, -0.15) is 26.3 Å². The van der Waals surface area contributed by atoms with E-state index in [0.29, 0.717) is 28.3 Å². The predicted octanol–water partition coefficient (Wildman–Crippen LogP) is 4.14. The van der Waals surface area contributed by atoms with Gasteiger partial charge in [-0.1, -0.05) is 12.1 Å². The van der Waals surface area contributed by atoms with Gasteiger partial charge in [0.2, 0.25) is 5.91 Å². The van der Waals surface area contributed by atoms with Crippen LogP contribution in [0.4, 0.5) is 36.8 Å². The first-order chi connectivity index (χ1) is 15.6. The maximum atomic E-state index is 13.0. The molecule has 1 atom stereocenters. The van der Waals surface area contributed by atoms with Gasteiger partial charge in [0, 0.05) is 5.69 Å². The van der Waals surface area contributed by atoms with E-state index in [9.17, 15) is 40.7 Å². The molecule has 0 radical (unpaired) electrons. The molecule has 1 unspecified atom stereocenters. The largest absolute Gasteiger partial charge is 0.497 e. The van der Waals surface area contributed by atoms with E-state index in [1.807, 2.05) is 5.32 Å². The zero-order chi connectivity index (χ0) is 25.5. The molecule has 1 aliphatic rings. The molecular weight excluding hydrogens is 472 g/mol. The Morgan fingerprint density at radius 3 is 2.00 bits per heavy atom. The number of anilines is 1. The number of hydrogen-bond acceptors (Lipinski definition) is 4. The summed E-state index contributed by atoms with van der Waals surface area (Å²) in [6.45, 7) is 0.448. The highest BCUT2D eigenvalue weighted by Gasteiger charge is 2.49. The summed E-state index contributed by atoms with van der Waals surface area (Å²) in [5.74, 6) is -1.52. The van der Waals surface area contributed by atoms with Crippen LogP contribution < -0.4 is 15.4 Å². The van der Waals surface area contributed by atoms with Gasteiger partial charge in [-0.3, -0.25) is 14.5 Å². The van der Waals surface area contributed by atoms with Gasteiger partial charge >= 0.3 is 18.4 Å². The minimum atomic E-state index is -5.11. The Morgan fingerprint density at radius 2 is 1.53 bits per heavy atom. The third-order valence-corrected chi connectivity index (χ3v) is 5.12. The minimum Gasteiger partial charge on any atom is -0.497 e. The van der Waals surface area contributed by atoms with E-state index in [-0.39, 0.29) is 6.07 Å². The molecule has 1 aliphatic heterocycles. The van der Waals surface area contributed by atoms with Gasteiger partial charge in [0.25, 0.3) is 5.91 Å². The highest BCUT2D eigenvalue weighted by atomic mass is 19.4. The van der Waals surface area contributed by atoms with Gasteiger partial charge in [-0.05, 0) is 42.8 Å². The van der Waals surface area contributed by atoms with Crippen molar-refractivity contribution in [1.82, 2.24) is 10.2 Å². The zero-order valence-electron chi connectivity index (χ0n) is 17.6. The Morgan fingerprint density at radius 1 is 1.00 bits per heavy atom. The Bertz CT molecular complexity index is 1100. The van der Waals surface area contributed by atoms with Crippen LogP contribution >= 0.6 is 0 Å². The number of benzene rings is 2. The molecule has 34 heavy (non-hydrogen) atoms. The number of nitrogens with zero attached hydrogens (tertiary/aromatic N) is 1. The van der Waals surface area contributed by atoms with Crippen LogP contribution in [0.1, 0.15) is 23.6 Å². The molecule has 13 heteroatoms. The fourth-order valence-electron chi connectivity index (χ4n) is 3.33. The van der Waals surface area contributed by atoms with Crippen LogP contribution in [0.3, 0.4) is 0 Å². The number of ether oxygens (including phenoxy) is 1. The summed E-state index contributed by atoms with van der Waals surface area (Å²) in [7, 11) is 1.43. The molecule has 182 valence electrons. The molecule has 2 N–H and O–H groups in total. The molecule has 1 heterocycles. The predicted molar refractivity (Wildman–Crippen MR) is 106 cm³/mol. The second-order valence-electron chi connectivity index (χ2n) is 7.52. The number of imide groups is 1. The number of halogens is 6. The maximum absolute atomic E-state index is 13.0. The molecular formula is C21H17F6N3O4. The van der Waals surface area contributed by atoms with Crippen molar-refractivity contribution in [3.8, 4) is 5.75 Å². The first-order valence-corrected chi connectivity index (χ1v) is 9.53. The first-order valence-electron chi connectivity index (χ1n) is 9.53. The van der Waals surface area contributed by atoms with Crippen LogP contribution in [-0.4, -0.2) is 36.4 Å². The van der Waals surface area contributed by atoms with E-state index in [0.717, 1.165) is 0 Å². The van der Waals surface area contributed by atoms with Crippen molar-refractivity contribution in [3.63, 3.8) is 0 Å². The number of nitrogens with one attached hydrogen (secondary N) is 2. The van der Waals surface area contributed by atoms with Crippen LogP contribution in [0.25, 0.3) is 0 Å². The standard InChI is InChI=1S/C21H17F6N3O4/c1-19(11-3-5-15(34-2)6-4-11)17(32)30(18(33)29-19)10-16(31)28-14-8-12(20(22,23)24)7-13(9-14)21(25,26)27/h3-9H,10H2,1-2H3,(H,28,31)(H,29,33). The van der Waals surface area contributed by atoms with E-state index in [2.05, 4.69) is 5.32 Å². The molecule has 1 fully saturated rings. The van der Waals surface area contributed by atoms with Gasteiger partial charge in [0.1, 0.15) is 17.8 Å². The number of hydrogen-bond donors (Lipinski definition) is 2. The number of carbonyl (C=O) groups is 3. The Hall–Kier alpha value is -3.77. The topological polar surface area (TPSA) is 87.7 Å². The minimum absolute atomic E-state index is 0.0899. The summed E-state index contributed by atoms with van der Waals surface area (Å²) in [6, 6.07) is 5.71. The average Bonchev–Trinajstić information content (AvgIpc) is 2.96. The number of carbonyl (C=O) groups excluding carboxylic acids is 3. The number of urea groups is 1. The number of alkyl halides is 6. The van der Waals surface area contributed by atoms with Gasteiger partial charge in [-0.25, -0.2) is 4.79 Å². The van der Waals surface area contributed by atoms with E-state index in [1.165, 1.54) is 26.2 Å². The molecule has 0 spiro atoms. The third kappa shape index (κ3) is 4.92. The second kappa shape index (κ2) is 8.54. The lowest BCUT2D eigenvalue weighted by atomic mass is 9.92. The van der Waals surface area contributed by atoms with Crippen molar-refractivity contribution < 1.29 is 45.5 Å². The summed E-state index contributed by atoms with van der Waals surface area (Å²) in [4.78, 5) is 38.1. The second-order valence-corrected chi connectivity index (χ2v) is 7.52. The third-order valence-electron chi connectivity index (χ3n) is 5.12. The smallest absolute Gasteiger partial charge is 0.416 e. The van der Waals surface area contributed by atoms with Crippen molar-refractivity contribution in [1.29, 1.82) is 0 Å². The van der Waals surface area contributed by atoms with Crippen LogP contribution in [0.5, 0.6) is 5.75 Å². The van der Waals surface area contributed by atoms with Crippen LogP contribution in [0.15, 0.2) is 42.5 Å². The normalized spacial score (nSPS) is 18.6. The summed E-state index contributed by atoms with van der Waals surface area (Å²) in [5, 5.41) is 4.32. The number of methoxy groups -OCH3 is 1. The van der Waals surface area contributed by atoms with E-state index < -0.39 is 59.1 Å². The monoisotopic (exact) mass is 489 g/mol. The summed E-state index contributed by atoms with van der Waals surface area (Å²) >= 11 is 0. The zero-order valence-corrected chi connectivity index (χ0v) is 17.6. The van der Waals surface area contributed by atoms with Crippen molar-refractivity contribution in [3.05, 3.63) is 59.2 Å². The molecule has 7 nitrogen and oxygen atoms in total. The SMILES string of the molecule is COc1ccc(C2(C)NC(=O)N(CC(=O)Nc3cc(C(F)(F)F)cc(C(F)(F)F)c3)C2=O)cc1. The van der Waals surface area contributed by atoms with E-state index in [1.54, 1.807) is 12.1 Å². The summed E-state index contributed by atoms with van der Waals surface area (Å²) in [6.07, 6.45) is -10.2. The first kappa shape index (κ1) is 24.9. The molecule has 2 aromatic carbocycles. The maximum Gasteiger partial charge on any atom is 0.416 e. The molecule has 3 rings (SSSR count). The van der Waals surface area contributed by atoms with Crippen molar-refractivity contribution in [2.24, 2.45) is 0 Å². The molecule has 0 aliphatic carbocycles.